The molecule has 44 heavy (non-hydrogen) atoms. The number of ketones is 1. The number of nitrogens with one attached hydrogen (secondary N) is 1. The normalized spacial score (nSPS) is 19.0. The zero-order chi connectivity index (χ0) is 29.8. The summed E-state index contributed by atoms with van der Waals surface area (Å²) in [5.74, 6) is -2.63. The van der Waals surface area contributed by atoms with Gasteiger partial charge in [-0.3, -0.25) is 4.79 Å². The third-order valence-corrected chi connectivity index (χ3v) is 9.05. The predicted octanol–water partition coefficient (Wildman–Crippen LogP) is 3.11. The molecule has 8 nitrogen and oxygen atoms in total. The Labute approximate surface area is 263 Å². The largest absolute Gasteiger partial charge is 2.00 e. The fourth-order valence-electron chi connectivity index (χ4n) is 6.82. The van der Waals surface area contributed by atoms with E-state index < -0.39 is 23.2 Å². The molecule has 4 aromatic rings. The summed E-state index contributed by atoms with van der Waals surface area (Å²) in [4.78, 5) is 37.7. The Morgan fingerprint density at radius 3 is 2.50 bits per heavy atom. The summed E-state index contributed by atoms with van der Waals surface area (Å²) in [6.45, 7) is 2.99. The Morgan fingerprint density at radius 1 is 1.02 bits per heavy atom. The number of hydrogen-bond donors (Lipinski definition) is 1. The van der Waals surface area contributed by atoms with Gasteiger partial charge in [-0.15, -0.1) is 0 Å². The van der Waals surface area contributed by atoms with Gasteiger partial charge in [0.2, 0.25) is 0 Å². The molecule has 0 bridgehead atoms. The maximum Gasteiger partial charge on any atom is 2.00 e. The van der Waals surface area contributed by atoms with Crippen LogP contribution in [-0.4, -0.2) is 37.9 Å². The van der Waals surface area contributed by atoms with Crippen molar-refractivity contribution >= 4 is 39.2 Å². The molecule has 1 atom stereocenters. The topological polar surface area (TPSA) is 126 Å². The minimum Gasteiger partial charge on any atom is -0.872 e. The van der Waals surface area contributed by atoms with Crippen LogP contribution >= 0.6 is 0 Å². The standard InChI is InChI=1S/C18H19FN2O3.C16H12O3.Mn/c19-15-8-13-12(9-16(15)21-5-3-20-4-6-21)11(10-1-2-10)7-14(17(13)22)18(23)24;17-12-8-9-4-3-6-10(9)14-11-5-1-2-7-13(11)19-16(18)15(12)14;/h7-11,20H,1-6H2,(H,23,24);1-2,5,7-8,17H,3-4,6H2;/q;;+2/p-2. The van der Waals surface area contributed by atoms with Crippen LogP contribution in [0.2, 0.25) is 0 Å². The summed E-state index contributed by atoms with van der Waals surface area (Å²) >= 11 is 0. The number of nitrogens with zero attached hydrogens (tertiary/aromatic N) is 1. The average Bonchev–Trinajstić information content (AvgIpc) is 3.74. The first kappa shape index (κ1) is 30.1. The van der Waals surface area contributed by atoms with Gasteiger partial charge in [-0.1, -0.05) is 36.1 Å². The van der Waals surface area contributed by atoms with Gasteiger partial charge < -0.3 is 29.6 Å². The molecule has 1 saturated carbocycles. The molecule has 1 unspecified atom stereocenters. The van der Waals surface area contributed by atoms with E-state index in [1.54, 1.807) is 18.2 Å². The smallest absolute Gasteiger partial charge is 0.872 e. The van der Waals surface area contributed by atoms with Crippen molar-refractivity contribution in [2.45, 2.75) is 38.0 Å². The average molecular weight is 636 g/mol. The summed E-state index contributed by atoms with van der Waals surface area (Å²) in [6.07, 6.45) is 6.40. The summed E-state index contributed by atoms with van der Waals surface area (Å²) < 4.78 is 19.9. The van der Waals surface area contributed by atoms with E-state index in [9.17, 15) is 29.0 Å². The molecule has 3 aliphatic carbocycles. The van der Waals surface area contributed by atoms with E-state index in [2.05, 4.69) is 5.32 Å². The number of benzene rings is 3. The molecule has 1 aromatic heterocycles. The van der Waals surface area contributed by atoms with Gasteiger partial charge in [-0.2, -0.15) is 0 Å². The number of para-hydroxylation sites is 1. The minimum atomic E-state index is -1.48. The third kappa shape index (κ3) is 5.21. The van der Waals surface area contributed by atoms with Crippen LogP contribution in [0.15, 0.2) is 63.3 Å². The van der Waals surface area contributed by atoms with Gasteiger partial charge in [-0.25, -0.2) is 9.18 Å². The van der Waals surface area contributed by atoms with Gasteiger partial charge in [0.05, 0.1) is 17.0 Å². The summed E-state index contributed by atoms with van der Waals surface area (Å²) in [5, 5.41) is 28.5. The van der Waals surface area contributed by atoms with E-state index in [1.807, 2.05) is 23.1 Å². The van der Waals surface area contributed by atoms with Gasteiger partial charge in [0, 0.05) is 54.0 Å². The first-order valence-corrected chi connectivity index (χ1v) is 14.8. The number of carboxylic acids is 1. The Balaban J connectivity index is 0.000000156. The molecule has 1 aliphatic heterocycles. The van der Waals surface area contributed by atoms with E-state index >= 15 is 0 Å². The van der Waals surface area contributed by atoms with Crippen molar-refractivity contribution in [3.8, 4) is 5.75 Å². The first-order valence-electron chi connectivity index (χ1n) is 14.8. The number of carbonyl (C=O) groups is 2. The fourth-order valence-corrected chi connectivity index (χ4v) is 6.82. The second kappa shape index (κ2) is 11.8. The van der Waals surface area contributed by atoms with Crippen molar-refractivity contribution in [2.75, 3.05) is 31.1 Å². The van der Waals surface area contributed by atoms with E-state index in [-0.39, 0.29) is 45.3 Å². The van der Waals surface area contributed by atoms with Crippen LogP contribution in [0.3, 0.4) is 0 Å². The van der Waals surface area contributed by atoms with Crippen LogP contribution in [0.1, 0.15) is 52.2 Å². The van der Waals surface area contributed by atoms with Crippen molar-refractivity contribution in [3.05, 3.63) is 92.6 Å². The quantitative estimate of drug-likeness (QED) is 0.158. The number of aryl methyl sites for hydroxylation is 2. The van der Waals surface area contributed by atoms with Crippen LogP contribution in [0, 0.1) is 11.7 Å². The second-order valence-corrected chi connectivity index (χ2v) is 11.7. The van der Waals surface area contributed by atoms with Gasteiger partial charge in [0.15, 0.2) is 5.78 Å². The van der Waals surface area contributed by atoms with Crippen LogP contribution in [0.5, 0.6) is 5.75 Å². The van der Waals surface area contributed by atoms with E-state index in [1.165, 1.54) is 12.1 Å². The van der Waals surface area contributed by atoms with E-state index in [4.69, 9.17) is 4.42 Å². The van der Waals surface area contributed by atoms with Gasteiger partial charge in [0.25, 0.3) is 0 Å². The zero-order valence-corrected chi connectivity index (χ0v) is 25.0. The van der Waals surface area contributed by atoms with Gasteiger partial charge in [0.1, 0.15) is 11.4 Å². The molecule has 4 aliphatic rings. The number of allylic oxidation sites excluding steroid dienone is 1. The maximum absolute atomic E-state index is 14.6. The van der Waals surface area contributed by atoms with Crippen molar-refractivity contribution in [3.63, 3.8) is 0 Å². The molecule has 0 amide bonds. The molecule has 10 heteroatoms. The number of halogens is 1. The van der Waals surface area contributed by atoms with Crippen molar-refractivity contribution < 1.29 is 45.7 Å². The number of anilines is 1. The predicted molar refractivity (Wildman–Crippen MR) is 156 cm³/mol. The van der Waals surface area contributed by atoms with E-state index in [0.29, 0.717) is 30.3 Å². The van der Waals surface area contributed by atoms with Crippen molar-refractivity contribution in [1.82, 2.24) is 5.32 Å². The molecule has 2 heterocycles. The molecule has 225 valence electrons. The van der Waals surface area contributed by atoms with Crippen LogP contribution in [-0.2, 0) is 34.7 Å². The molecule has 1 N–H and O–H groups in total. The Bertz CT molecular complexity index is 1910. The van der Waals surface area contributed by atoms with Crippen molar-refractivity contribution in [1.29, 1.82) is 0 Å². The number of carboxylic acid groups (broad SMARTS) is 1. The third-order valence-electron chi connectivity index (χ3n) is 9.05. The monoisotopic (exact) mass is 635 g/mol. The Kier molecular flexibility index (Phi) is 8.09. The maximum atomic E-state index is 14.6. The van der Waals surface area contributed by atoms with Crippen LogP contribution < -0.4 is 26.1 Å². The molecule has 0 spiro atoms. The molecular formula is C34H29FMnN2O6. The number of rotatable bonds is 3. The van der Waals surface area contributed by atoms with Crippen molar-refractivity contribution in [2.24, 2.45) is 5.92 Å². The molecule has 1 saturated heterocycles. The van der Waals surface area contributed by atoms with Gasteiger partial charge in [-0.05, 0) is 72.9 Å². The minimum absolute atomic E-state index is 0. The zero-order valence-electron chi connectivity index (χ0n) is 23.8. The molecule has 1 radical (unpaired) electrons. The molecule has 2 fully saturated rings. The van der Waals surface area contributed by atoms with Gasteiger partial charge >= 0.3 is 22.7 Å². The number of carbonyl (C=O) groups excluding carboxylic acids is 2. The van der Waals surface area contributed by atoms with Crippen LogP contribution in [0.4, 0.5) is 10.1 Å². The first-order chi connectivity index (χ1) is 20.8. The number of hydrogen-bond acceptors (Lipinski definition) is 8. The van der Waals surface area contributed by atoms with E-state index in [0.717, 1.165) is 72.7 Å². The molecule has 8 rings (SSSR count). The number of fused-ring (bicyclic) bond motifs is 6. The Hall–Kier alpha value is -3.98. The molecule has 3 aromatic carbocycles. The summed E-state index contributed by atoms with van der Waals surface area (Å²) in [6, 6.07) is 12.0. The SMILES string of the molecule is O=C([O-])C1=CC(C2CC2)c2cc(N3CCNCC3)c(F)cc2C1=O.O=c1oc2ccccc2c2c3c(cc([O-])c12)CCC3.[Mn+2]. The number of Topliss-reactive ketones (excluding diaryl/α,β-unsaturated/α-hetero) is 1. The summed E-state index contributed by atoms with van der Waals surface area (Å²) in [5.41, 5.74) is 3.36. The molecular weight excluding hydrogens is 606 g/mol. The fraction of sp³-hybridized carbons (Fsp3) is 0.324. The number of piperazine rings is 1. The Morgan fingerprint density at radius 2 is 1.77 bits per heavy atom. The number of aliphatic carboxylic acids is 1. The second-order valence-electron chi connectivity index (χ2n) is 11.7. The van der Waals surface area contributed by atoms with Crippen LogP contribution in [0.25, 0.3) is 21.7 Å². The summed E-state index contributed by atoms with van der Waals surface area (Å²) in [7, 11) is 0.